The van der Waals surface area contributed by atoms with Crippen molar-refractivity contribution in [1.82, 2.24) is 0 Å². The minimum atomic E-state index is 0.228. The van der Waals surface area contributed by atoms with Crippen molar-refractivity contribution in [3.05, 3.63) is 35.9 Å². The van der Waals surface area contributed by atoms with E-state index in [0.717, 1.165) is 5.75 Å². The molecule has 10 heavy (non-hydrogen) atoms. The maximum Gasteiger partial charge on any atom is 0.144 e. The SMILES string of the molecule is C[S+](S)Cc1ccccc1. The lowest BCUT2D eigenvalue weighted by Crippen LogP contribution is -1.92. The summed E-state index contributed by atoms with van der Waals surface area (Å²) in [7, 11) is 0.228. The summed E-state index contributed by atoms with van der Waals surface area (Å²) >= 11 is 4.34. The number of rotatable bonds is 2. The van der Waals surface area contributed by atoms with Crippen molar-refractivity contribution >= 4 is 21.6 Å². The van der Waals surface area contributed by atoms with Crippen molar-refractivity contribution < 1.29 is 0 Å². The second-order valence-corrected chi connectivity index (χ2v) is 5.59. The van der Waals surface area contributed by atoms with Crippen molar-refractivity contribution in [2.75, 3.05) is 6.26 Å². The third-order valence-corrected chi connectivity index (χ3v) is 2.36. The maximum atomic E-state index is 4.34. The van der Waals surface area contributed by atoms with Crippen LogP contribution in [0.3, 0.4) is 0 Å². The molecule has 0 saturated carbocycles. The highest BCUT2D eigenvalue weighted by Gasteiger charge is 2.04. The van der Waals surface area contributed by atoms with Crippen molar-refractivity contribution in [3.8, 4) is 0 Å². The molecule has 0 aliphatic carbocycles. The van der Waals surface area contributed by atoms with Crippen molar-refractivity contribution in [3.63, 3.8) is 0 Å². The molecule has 0 N–H and O–H groups in total. The highest BCUT2D eigenvalue weighted by atomic mass is 33.1. The monoisotopic (exact) mass is 171 g/mol. The Morgan fingerprint density at radius 1 is 1.30 bits per heavy atom. The van der Waals surface area contributed by atoms with Crippen LogP contribution in [0.4, 0.5) is 0 Å². The topological polar surface area (TPSA) is 0 Å². The van der Waals surface area contributed by atoms with E-state index in [9.17, 15) is 0 Å². The molecule has 0 aliphatic heterocycles. The van der Waals surface area contributed by atoms with Gasteiger partial charge in [0.05, 0.1) is 21.6 Å². The maximum absolute atomic E-state index is 4.34. The van der Waals surface area contributed by atoms with Gasteiger partial charge in [0.2, 0.25) is 0 Å². The molecule has 0 amide bonds. The van der Waals surface area contributed by atoms with Crippen LogP contribution in [0.5, 0.6) is 0 Å². The van der Waals surface area contributed by atoms with Gasteiger partial charge in [0.1, 0.15) is 12.0 Å². The second kappa shape index (κ2) is 3.94. The Bertz CT molecular complexity index is 182. The summed E-state index contributed by atoms with van der Waals surface area (Å²) in [6.45, 7) is 0. The predicted molar refractivity (Wildman–Crippen MR) is 52.4 cm³/mol. The van der Waals surface area contributed by atoms with Crippen molar-refractivity contribution in [2.45, 2.75) is 5.75 Å². The van der Waals surface area contributed by atoms with Gasteiger partial charge in [0, 0.05) is 5.56 Å². The van der Waals surface area contributed by atoms with Crippen LogP contribution in [0, 0.1) is 0 Å². The van der Waals surface area contributed by atoms with Crippen LogP contribution in [0.25, 0.3) is 0 Å². The Hall–Kier alpha value is -0.0800. The number of thiol groups is 1. The predicted octanol–water partition coefficient (Wildman–Crippen LogP) is 2.28. The molecule has 54 valence electrons. The van der Waals surface area contributed by atoms with E-state index < -0.39 is 0 Å². The zero-order valence-corrected chi connectivity index (χ0v) is 7.66. The van der Waals surface area contributed by atoms with E-state index in [-0.39, 0.29) is 9.93 Å². The zero-order valence-electron chi connectivity index (χ0n) is 5.95. The largest absolute Gasteiger partial charge is 0.144 e. The summed E-state index contributed by atoms with van der Waals surface area (Å²) in [6, 6.07) is 10.4. The second-order valence-electron chi connectivity index (χ2n) is 2.23. The van der Waals surface area contributed by atoms with Gasteiger partial charge in [-0.3, -0.25) is 0 Å². The molecule has 0 nitrogen and oxygen atoms in total. The van der Waals surface area contributed by atoms with E-state index in [1.807, 2.05) is 6.07 Å². The van der Waals surface area contributed by atoms with E-state index in [1.165, 1.54) is 5.56 Å². The summed E-state index contributed by atoms with van der Waals surface area (Å²) in [5.74, 6) is 1.09. The Labute approximate surface area is 69.8 Å². The van der Waals surface area contributed by atoms with Crippen LogP contribution in [-0.4, -0.2) is 6.26 Å². The molecular weight excluding hydrogens is 160 g/mol. The molecule has 1 aromatic rings. The van der Waals surface area contributed by atoms with Gasteiger partial charge in [-0.15, -0.1) is 0 Å². The molecule has 0 heterocycles. The summed E-state index contributed by atoms with van der Waals surface area (Å²) in [6.07, 6.45) is 2.14. The van der Waals surface area contributed by atoms with Crippen LogP contribution < -0.4 is 0 Å². The highest BCUT2D eigenvalue weighted by molar-refractivity contribution is 8.65. The van der Waals surface area contributed by atoms with E-state index in [0.29, 0.717) is 0 Å². The van der Waals surface area contributed by atoms with Gasteiger partial charge in [-0.1, -0.05) is 30.3 Å². The molecule has 0 aromatic heterocycles. The average Bonchev–Trinajstić information content (AvgIpc) is 1.88. The first kappa shape index (κ1) is 8.02. The molecule has 0 saturated heterocycles. The lowest BCUT2D eigenvalue weighted by Gasteiger charge is -1.94. The molecule has 0 aliphatic rings. The zero-order chi connectivity index (χ0) is 7.40. The first-order chi connectivity index (χ1) is 4.79. The molecule has 1 unspecified atom stereocenters. The molecule has 1 aromatic carbocycles. The Morgan fingerprint density at radius 2 is 1.90 bits per heavy atom. The minimum absolute atomic E-state index is 0.228. The van der Waals surface area contributed by atoms with E-state index in [2.05, 4.69) is 42.2 Å². The Balaban J connectivity index is 2.59. The van der Waals surface area contributed by atoms with Crippen molar-refractivity contribution in [2.24, 2.45) is 0 Å². The van der Waals surface area contributed by atoms with Gasteiger partial charge in [-0.05, 0) is 0 Å². The molecule has 0 radical (unpaired) electrons. The molecular formula is C8H11S2+. The Kier molecular flexibility index (Phi) is 3.16. The number of benzene rings is 1. The third kappa shape index (κ3) is 2.67. The van der Waals surface area contributed by atoms with E-state index >= 15 is 0 Å². The van der Waals surface area contributed by atoms with E-state index in [4.69, 9.17) is 0 Å². The quantitative estimate of drug-likeness (QED) is 0.394. The molecule has 0 fully saturated rings. The van der Waals surface area contributed by atoms with Crippen LogP contribution >= 0.6 is 11.7 Å². The molecule has 0 bridgehead atoms. The van der Waals surface area contributed by atoms with Crippen molar-refractivity contribution in [1.29, 1.82) is 0 Å². The third-order valence-electron chi connectivity index (χ3n) is 1.22. The highest BCUT2D eigenvalue weighted by Crippen LogP contribution is 2.08. The Morgan fingerprint density at radius 3 is 2.40 bits per heavy atom. The number of hydrogen-bond donors (Lipinski definition) is 1. The van der Waals surface area contributed by atoms with Crippen LogP contribution in [0.15, 0.2) is 30.3 Å². The van der Waals surface area contributed by atoms with Gasteiger partial charge in [0.15, 0.2) is 0 Å². The smallest absolute Gasteiger partial charge is 0.0622 e. The van der Waals surface area contributed by atoms with Gasteiger partial charge >= 0.3 is 0 Å². The van der Waals surface area contributed by atoms with Gasteiger partial charge < -0.3 is 0 Å². The van der Waals surface area contributed by atoms with Crippen LogP contribution in [0.2, 0.25) is 0 Å². The number of hydrogen-bond acceptors (Lipinski definition) is 1. The lowest BCUT2D eigenvalue weighted by atomic mass is 10.2. The summed E-state index contributed by atoms with van der Waals surface area (Å²) in [4.78, 5) is 0. The standard InChI is InChI=1S/C8H11S2/c1-10(9)7-8-5-3-2-4-6-8/h2-6,9H,7H2,1H3/q+1. The van der Waals surface area contributed by atoms with Gasteiger partial charge in [0.25, 0.3) is 0 Å². The molecule has 1 atom stereocenters. The lowest BCUT2D eigenvalue weighted by molar-refractivity contribution is 1.42. The van der Waals surface area contributed by atoms with Gasteiger partial charge in [-0.25, -0.2) is 0 Å². The summed E-state index contributed by atoms with van der Waals surface area (Å²) in [5.41, 5.74) is 1.38. The van der Waals surface area contributed by atoms with Crippen LogP contribution in [0.1, 0.15) is 5.56 Å². The fraction of sp³-hybridized carbons (Fsp3) is 0.250. The van der Waals surface area contributed by atoms with E-state index in [1.54, 1.807) is 0 Å². The molecule has 2 heteroatoms. The average molecular weight is 171 g/mol. The van der Waals surface area contributed by atoms with Gasteiger partial charge in [-0.2, -0.15) is 0 Å². The normalized spacial score (nSPS) is 13.0. The summed E-state index contributed by atoms with van der Waals surface area (Å²) < 4.78 is 0. The fourth-order valence-electron chi connectivity index (χ4n) is 0.815. The minimum Gasteiger partial charge on any atom is -0.0622 e. The van der Waals surface area contributed by atoms with Crippen LogP contribution in [-0.2, 0) is 15.7 Å². The summed E-state index contributed by atoms with van der Waals surface area (Å²) in [5, 5.41) is 0. The fourth-order valence-corrected chi connectivity index (χ4v) is 1.94. The first-order valence-corrected chi connectivity index (χ1v) is 6.00. The molecule has 0 spiro atoms. The molecule has 1 rings (SSSR count). The first-order valence-electron chi connectivity index (χ1n) is 3.14.